The third kappa shape index (κ3) is 3.96. The molecule has 6 nitrogen and oxygen atoms in total. The first-order valence-corrected chi connectivity index (χ1v) is 10.8. The van der Waals surface area contributed by atoms with E-state index in [1.165, 1.54) is 34.9 Å². The maximum Gasteiger partial charge on any atom is 0.417 e. The Morgan fingerprint density at radius 1 is 0.906 bits per heavy atom. The lowest BCUT2D eigenvalue weighted by Gasteiger charge is -2.15. The van der Waals surface area contributed by atoms with Crippen molar-refractivity contribution in [1.82, 2.24) is 9.55 Å². The van der Waals surface area contributed by atoms with Crippen LogP contribution in [0.4, 0.5) is 18.9 Å². The normalized spacial score (nSPS) is 12.1. The number of hydrogen-bond acceptors (Lipinski definition) is 4. The SMILES string of the molecule is Cc1nc2ccccc2c(=O)n1-c1ccc(NS(=O)(=O)c2ccccc2C(F)(F)F)cc1. The van der Waals surface area contributed by atoms with Crippen LogP contribution in [-0.4, -0.2) is 18.0 Å². The molecular formula is C22H16F3N3O3S. The molecule has 0 amide bonds. The maximum atomic E-state index is 13.2. The van der Waals surface area contributed by atoms with Gasteiger partial charge in [0.05, 0.1) is 27.0 Å². The number of aryl methyl sites for hydroxylation is 1. The molecule has 1 aromatic heterocycles. The maximum absolute atomic E-state index is 13.2. The molecule has 0 aliphatic rings. The van der Waals surface area contributed by atoms with Gasteiger partial charge in [-0.15, -0.1) is 0 Å². The van der Waals surface area contributed by atoms with Gasteiger partial charge in [0, 0.05) is 5.69 Å². The van der Waals surface area contributed by atoms with E-state index in [4.69, 9.17) is 0 Å². The van der Waals surface area contributed by atoms with Gasteiger partial charge in [-0.25, -0.2) is 13.4 Å². The molecule has 10 heteroatoms. The number of benzene rings is 3. The molecule has 0 saturated heterocycles. The standard InChI is InChI=1S/C22H16F3N3O3S/c1-14-26-19-8-4-2-6-17(19)21(29)28(14)16-12-10-15(11-13-16)27-32(30,31)20-9-5-3-7-18(20)22(23,24)25/h2-13,27H,1H3. The van der Waals surface area contributed by atoms with Crippen LogP contribution in [0, 0.1) is 6.92 Å². The van der Waals surface area contributed by atoms with E-state index in [1.54, 1.807) is 31.2 Å². The zero-order valence-electron chi connectivity index (χ0n) is 16.6. The molecule has 164 valence electrons. The molecule has 0 unspecified atom stereocenters. The number of hydrogen-bond donors (Lipinski definition) is 1. The molecule has 0 aliphatic carbocycles. The zero-order chi connectivity index (χ0) is 23.1. The molecule has 1 heterocycles. The van der Waals surface area contributed by atoms with E-state index in [0.29, 0.717) is 28.5 Å². The summed E-state index contributed by atoms with van der Waals surface area (Å²) < 4.78 is 68.4. The minimum absolute atomic E-state index is 0.0465. The summed E-state index contributed by atoms with van der Waals surface area (Å²) in [5, 5.41) is 0.423. The first-order valence-electron chi connectivity index (χ1n) is 9.36. The van der Waals surface area contributed by atoms with Crippen LogP contribution < -0.4 is 10.3 Å². The number of nitrogens with zero attached hydrogens (tertiary/aromatic N) is 2. The quantitative estimate of drug-likeness (QED) is 0.487. The summed E-state index contributed by atoms with van der Waals surface area (Å²) in [4.78, 5) is 16.4. The van der Waals surface area contributed by atoms with Crippen molar-refractivity contribution in [3.05, 3.63) is 94.5 Å². The lowest BCUT2D eigenvalue weighted by molar-refractivity contribution is -0.139. The molecule has 0 spiro atoms. The Labute approximate surface area is 181 Å². The van der Waals surface area contributed by atoms with Crippen LogP contribution in [0.5, 0.6) is 0 Å². The average molecular weight is 459 g/mol. The molecule has 0 atom stereocenters. The molecule has 0 aliphatic heterocycles. The molecule has 0 fully saturated rings. The van der Waals surface area contributed by atoms with Crippen molar-refractivity contribution in [2.75, 3.05) is 4.72 Å². The van der Waals surface area contributed by atoms with Gasteiger partial charge in [0.15, 0.2) is 0 Å². The highest BCUT2D eigenvalue weighted by Gasteiger charge is 2.36. The molecule has 1 N–H and O–H groups in total. The number of anilines is 1. The van der Waals surface area contributed by atoms with Gasteiger partial charge in [-0.05, 0) is 55.5 Å². The summed E-state index contributed by atoms with van der Waals surface area (Å²) in [6.07, 6.45) is -4.82. The number of nitrogens with one attached hydrogen (secondary N) is 1. The summed E-state index contributed by atoms with van der Waals surface area (Å²) in [6.45, 7) is 1.67. The fourth-order valence-corrected chi connectivity index (χ4v) is 4.66. The molecule has 0 radical (unpaired) electrons. The largest absolute Gasteiger partial charge is 0.417 e. The molecule has 3 aromatic carbocycles. The summed E-state index contributed by atoms with van der Waals surface area (Å²) in [5.74, 6) is 0.432. The highest BCUT2D eigenvalue weighted by atomic mass is 32.2. The van der Waals surface area contributed by atoms with Gasteiger partial charge in [0.2, 0.25) is 0 Å². The number of rotatable bonds is 4. The van der Waals surface area contributed by atoms with E-state index in [2.05, 4.69) is 9.71 Å². The number of halogens is 3. The number of alkyl halides is 3. The summed E-state index contributed by atoms with van der Waals surface area (Å²) >= 11 is 0. The van der Waals surface area contributed by atoms with Gasteiger partial charge in [0.1, 0.15) is 5.82 Å². The Morgan fingerprint density at radius 2 is 1.53 bits per heavy atom. The van der Waals surface area contributed by atoms with Crippen molar-refractivity contribution in [2.24, 2.45) is 0 Å². The third-order valence-corrected chi connectivity index (χ3v) is 6.24. The van der Waals surface area contributed by atoms with E-state index in [-0.39, 0.29) is 11.2 Å². The topological polar surface area (TPSA) is 81.1 Å². The molecule has 4 rings (SSSR count). The van der Waals surface area contributed by atoms with Crippen molar-refractivity contribution in [2.45, 2.75) is 18.0 Å². The summed E-state index contributed by atoms with van der Waals surface area (Å²) in [5.41, 5.74) is -0.511. The average Bonchev–Trinajstić information content (AvgIpc) is 2.74. The van der Waals surface area contributed by atoms with Crippen LogP contribution >= 0.6 is 0 Å². The minimum atomic E-state index is -4.82. The fourth-order valence-electron chi connectivity index (χ4n) is 3.37. The fraction of sp³-hybridized carbons (Fsp3) is 0.0909. The predicted molar refractivity (Wildman–Crippen MR) is 114 cm³/mol. The van der Waals surface area contributed by atoms with Crippen LogP contribution in [0.1, 0.15) is 11.4 Å². The second-order valence-electron chi connectivity index (χ2n) is 6.96. The summed E-state index contributed by atoms with van der Waals surface area (Å²) in [7, 11) is -4.50. The Bertz CT molecular complexity index is 1480. The predicted octanol–water partition coefficient (Wildman–Crippen LogP) is 4.51. The Morgan fingerprint density at radius 3 is 2.22 bits per heavy atom. The first kappa shape index (κ1) is 21.6. The monoisotopic (exact) mass is 459 g/mol. The number of sulfonamides is 1. The lowest BCUT2D eigenvalue weighted by Crippen LogP contribution is -2.22. The van der Waals surface area contributed by atoms with Gasteiger partial charge in [0.25, 0.3) is 15.6 Å². The van der Waals surface area contributed by atoms with Crippen LogP contribution in [0.25, 0.3) is 16.6 Å². The van der Waals surface area contributed by atoms with E-state index in [9.17, 15) is 26.4 Å². The van der Waals surface area contributed by atoms with Crippen molar-refractivity contribution < 1.29 is 21.6 Å². The zero-order valence-corrected chi connectivity index (χ0v) is 17.4. The van der Waals surface area contributed by atoms with Crippen molar-refractivity contribution in [3.63, 3.8) is 0 Å². The summed E-state index contributed by atoms with van der Waals surface area (Å²) in [6, 6.07) is 16.5. The van der Waals surface area contributed by atoms with Gasteiger partial charge >= 0.3 is 6.18 Å². The molecule has 0 saturated carbocycles. The minimum Gasteiger partial charge on any atom is -0.280 e. The van der Waals surface area contributed by atoms with E-state index in [0.717, 1.165) is 12.1 Å². The highest BCUT2D eigenvalue weighted by molar-refractivity contribution is 7.92. The Hall–Kier alpha value is -3.66. The number of para-hydroxylation sites is 1. The smallest absolute Gasteiger partial charge is 0.280 e. The first-order chi connectivity index (χ1) is 15.1. The van der Waals surface area contributed by atoms with E-state index >= 15 is 0 Å². The third-order valence-electron chi connectivity index (χ3n) is 4.80. The Kier molecular flexibility index (Phi) is 5.25. The van der Waals surface area contributed by atoms with Crippen LogP contribution in [0.3, 0.4) is 0 Å². The Balaban J connectivity index is 1.69. The van der Waals surface area contributed by atoms with Crippen LogP contribution in [0.15, 0.2) is 82.5 Å². The van der Waals surface area contributed by atoms with Crippen molar-refractivity contribution in [3.8, 4) is 5.69 Å². The van der Waals surface area contributed by atoms with Crippen molar-refractivity contribution in [1.29, 1.82) is 0 Å². The molecule has 32 heavy (non-hydrogen) atoms. The van der Waals surface area contributed by atoms with Crippen molar-refractivity contribution >= 4 is 26.6 Å². The van der Waals surface area contributed by atoms with Gasteiger partial charge in [-0.1, -0.05) is 24.3 Å². The van der Waals surface area contributed by atoms with E-state index < -0.39 is 26.7 Å². The van der Waals surface area contributed by atoms with Gasteiger partial charge in [-0.3, -0.25) is 14.1 Å². The second kappa shape index (κ2) is 7.79. The molecular weight excluding hydrogens is 443 g/mol. The number of aromatic nitrogens is 2. The molecule has 4 aromatic rings. The molecule has 0 bridgehead atoms. The lowest BCUT2D eigenvalue weighted by atomic mass is 10.2. The number of fused-ring (bicyclic) bond motifs is 1. The van der Waals surface area contributed by atoms with E-state index in [1.807, 2.05) is 0 Å². The van der Waals surface area contributed by atoms with Crippen LogP contribution in [-0.2, 0) is 16.2 Å². The van der Waals surface area contributed by atoms with Crippen LogP contribution in [0.2, 0.25) is 0 Å². The highest BCUT2D eigenvalue weighted by Crippen LogP contribution is 2.34. The second-order valence-corrected chi connectivity index (χ2v) is 8.61. The van der Waals surface area contributed by atoms with Gasteiger partial charge < -0.3 is 0 Å². The van der Waals surface area contributed by atoms with Gasteiger partial charge in [-0.2, -0.15) is 13.2 Å².